The van der Waals surface area contributed by atoms with E-state index in [2.05, 4.69) is 9.71 Å². The maximum atomic E-state index is 12.5. The molecule has 1 aromatic carbocycles. The Hall–Kier alpha value is -1.92. The highest BCUT2D eigenvalue weighted by molar-refractivity contribution is 7.92. The second-order valence-corrected chi connectivity index (χ2v) is 6.65. The number of aliphatic hydroxyl groups is 1. The van der Waals surface area contributed by atoms with E-state index in [0.29, 0.717) is 16.8 Å². The van der Waals surface area contributed by atoms with Crippen molar-refractivity contribution in [2.24, 2.45) is 0 Å². The fourth-order valence-corrected chi connectivity index (χ4v) is 3.39. The molecule has 0 unspecified atom stereocenters. The van der Waals surface area contributed by atoms with Crippen LogP contribution in [0.2, 0.25) is 0 Å². The second kappa shape index (κ2) is 5.83. The largest absolute Gasteiger partial charge is 0.392 e. The van der Waals surface area contributed by atoms with Crippen LogP contribution in [0, 0.1) is 20.8 Å². The SMILES string of the molecule is Cc1ccc(NS(=O)(=O)c2cc(CO)c(C)cc2C)cn1. The number of sulfonamides is 1. The standard InChI is InChI=1S/C15H18N2O3S/c1-10-6-11(2)15(7-13(10)9-18)21(19,20)17-14-5-4-12(3)16-8-14/h4-8,17-18H,9H2,1-3H3. The quantitative estimate of drug-likeness (QED) is 0.908. The van der Waals surface area contributed by atoms with Gasteiger partial charge in [0.1, 0.15) is 0 Å². The summed E-state index contributed by atoms with van der Waals surface area (Å²) in [6.45, 7) is 5.21. The average molecular weight is 306 g/mol. The number of benzene rings is 1. The predicted molar refractivity (Wildman–Crippen MR) is 81.6 cm³/mol. The zero-order valence-electron chi connectivity index (χ0n) is 12.2. The van der Waals surface area contributed by atoms with Crippen molar-refractivity contribution in [3.05, 3.63) is 52.8 Å². The van der Waals surface area contributed by atoms with Crippen molar-refractivity contribution >= 4 is 15.7 Å². The van der Waals surface area contributed by atoms with E-state index < -0.39 is 10.0 Å². The van der Waals surface area contributed by atoms with Gasteiger partial charge in [-0.25, -0.2) is 8.42 Å². The minimum atomic E-state index is -3.71. The molecule has 0 bridgehead atoms. The van der Waals surface area contributed by atoms with E-state index in [1.165, 1.54) is 12.3 Å². The number of rotatable bonds is 4. The third kappa shape index (κ3) is 3.40. The fourth-order valence-electron chi connectivity index (χ4n) is 2.07. The first-order chi connectivity index (χ1) is 9.83. The Balaban J connectivity index is 2.42. The number of nitrogens with zero attached hydrogens (tertiary/aromatic N) is 1. The molecule has 0 atom stereocenters. The van der Waals surface area contributed by atoms with Crippen LogP contribution in [0.5, 0.6) is 0 Å². The number of nitrogens with one attached hydrogen (secondary N) is 1. The molecule has 21 heavy (non-hydrogen) atoms. The third-order valence-corrected chi connectivity index (χ3v) is 4.78. The van der Waals surface area contributed by atoms with Gasteiger partial charge in [-0.1, -0.05) is 6.07 Å². The fraction of sp³-hybridized carbons (Fsp3) is 0.267. The van der Waals surface area contributed by atoms with Crippen molar-refractivity contribution in [2.45, 2.75) is 32.3 Å². The lowest BCUT2D eigenvalue weighted by atomic mass is 10.1. The molecule has 2 N–H and O–H groups in total. The molecule has 0 saturated heterocycles. The van der Waals surface area contributed by atoms with Crippen LogP contribution in [0.25, 0.3) is 0 Å². The summed E-state index contributed by atoms with van der Waals surface area (Å²) < 4.78 is 27.4. The van der Waals surface area contributed by atoms with Gasteiger partial charge in [0.2, 0.25) is 0 Å². The van der Waals surface area contributed by atoms with Crippen LogP contribution in [0.4, 0.5) is 5.69 Å². The van der Waals surface area contributed by atoms with Gasteiger partial charge in [-0.3, -0.25) is 9.71 Å². The first-order valence-electron chi connectivity index (χ1n) is 6.50. The van der Waals surface area contributed by atoms with Crippen molar-refractivity contribution in [3.63, 3.8) is 0 Å². The zero-order chi connectivity index (χ0) is 15.6. The Labute approximate surface area is 124 Å². The molecule has 0 aliphatic heterocycles. The Bertz CT molecular complexity index is 753. The Morgan fingerprint density at radius 1 is 1.14 bits per heavy atom. The molecule has 2 rings (SSSR count). The number of hydrogen-bond acceptors (Lipinski definition) is 4. The van der Waals surface area contributed by atoms with Gasteiger partial charge >= 0.3 is 0 Å². The van der Waals surface area contributed by atoms with Gasteiger partial charge in [0.25, 0.3) is 10.0 Å². The first kappa shape index (κ1) is 15.5. The van der Waals surface area contributed by atoms with Crippen molar-refractivity contribution in [1.82, 2.24) is 4.98 Å². The number of aromatic nitrogens is 1. The summed E-state index contributed by atoms with van der Waals surface area (Å²) in [6.07, 6.45) is 1.48. The van der Waals surface area contributed by atoms with E-state index in [1.807, 2.05) is 13.8 Å². The molecule has 0 aliphatic carbocycles. The molecule has 112 valence electrons. The van der Waals surface area contributed by atoms with Crippen LogP contribution in [-0.4, -0.2) is 18.5 Å². The molecule has 0 amide bonds. The van der Waals surface area contributed by atoms with E-state index in [0.717, 1.165) is 11.3 Å². The van der Waals surface area contributed by atoms with Crippen LogP contribution in [0.1, 0.15) is 22.4 Å². The second-order valence-electron chi connectivity index (χ2n) is 5.00. The molecule has 0 radical (unpaired) electrons. The van der Waals surface area contributed by atoms with Gasteiger partial charge in [0.05, 0.1) is 23.4 Å². The van der Waals surface area contributed by atoms with Crippen LogP contribution in [-0.2, 0) is 16.6 Å². The van der Waals surface area contributed by atoms with Gasteiger partial charge < -0.3 is 5.11 Å². The van der Waals surface area contributed by atoms with Gasteiger partial charge in [-0.05, 0) is 55.7 Å². The molecule has 0 aliphatic rings. The Morgan fingerprint density at radius 3 is 2.43 bits per heavy atom. The van der Waals surface area contributed by atoms with E-state index >= 15 is 0 Å². The lowest BCUT2D eigenvalue weighted by Gasteiger charge is -2.13. The lowest BCUT2D eigenvalue weighted by molar-refractivity contribution is 0.280. The van der Waals surface area contributed by atoms with Crippen LogP contribution >= 0.6 is 0 Å². The minimum absolute atomic E-state index is 0.165. The molecule has 0 fully saturated rings. The average Bonchev–Trinajstić information content (AvgIpc) is 2.41. The Morgan fingerprint density at radius 2 is 1.86 bits per heavy atom. The van der Waals surface area contributed by atoms with Crippen molar-refractivity contribution in [2.75, 3.05) is 4.72 Å². The van der Waals surface area contributed by atoms with Crippen molar-refractivity contribution < 1.29 is 13.5 Å². The monoisotopic (exact) mass is 306 g/mol. The molecular weight excluding hydrogens is 288 g/mol. The number of aliphatic hydroxyl groups excluding tert-OH is 1. The number of aryl methyl sites for hydroxylation is 3. The van der Waals surface area contributed by atoms with Crippen molar-refractivity contribution in [1.29, 1.82) is 0 Å². The summed E-state index contributed by atoms with van der Waals surface area (Å²) in [5, 5.41) is 9.29. The molecule has 1 heterocycles. The van der Waals surface area contributed by atoms with E-state index in [4.69, 9.17) is 0 Å². The van der Waals surface area contributed by atoms with E-state index in [-0.39, 0.29) is 11.5 Å². The summed E-state index contributed by atoms with van der Waals surface area (Å²) in [5.41, 5.74) is 3.32. The lowest BCUT2D eigenvalue weighted by Crippen LogP contribution is -2.15. The zero-order valence-corrected chi connectivity index (χ0v) is 13.0. The summed E-state index contributed by atoms with van der Waals surface area (Å²) in [4.78, 5) is 4.22. The maximum absolute atomic E-state index is 12.5. The molecule has 0 saturated carbocycles. The van der Waals surface area contributed by atoms with Gasteiger partial charge in [-0.15, -0.1) is 0 Å². The highest BCUT2D eigenvalue weighted by atomic mass is 32.2. The van der Waals surface area contributed by atoms with E-state index in [9.17, 15) is 13.5 Å². The van der Waals surface area contributed by atoms with Gasteiger partial charge in [0.15, 0.2) is 0 Å². The highest BCUT2D eigenvalue weighted by Gasteiger charge is 2.18. The molecular formula is C15H18N2O3S. The molecule has 2 aromatic rings. The minimum Gasteiger partial charge on any atom is -0.392 e. The van der Waals surface area contributed by atoms with E-state index in [1.54, 1.807) is 25.1 Å². The number of pyridine rings is 1. The third-order valence-electron chi connectivity index (χ3n) is 3.26. The summed E-state index contributed by atoms with van der Waals surface area (Å²) in [5.74, 6) is 0. The van der Waals surface area contributed by atoms with Gasteiger partial charge in [0, 0.05) is 5.69 Å². The van der Waals surface area contributed by atoms with Crippen LogP contribution in [0.15, 0.2) is 35.4 Å². The smallest absolute Gasteiger partial charge is 0.262 e. The molecule has 0 spiro atoms. The topological polar surface area (TPSA) is 79.3 Å². The maximum Gasteiger partial charge on any atom is 0.262 e. The summed E-state index contributed by atoms with van der Waals surface area (Å²) in [6, 6.07) is 6.66. The van der Waals surface area contributed by atoms with Gasteiger partial charge in [-0.2, -0.15) is 0 Å². The van der Waals surface area contributed by atoms with Crippen molar-refractivity contribution in [3.8, 4) is 0 Å². The molecule has 1 aromatic heterocycles. The Kier molecular flexibility index (Phi) is 4.29. The summed E-state index contributed by atoms with van der Waals surface area (Å²) >= 11 is 0. The predicted octanol–water partition coefficient (Wildman–Crippen LogP) is 2.30. The molecule has 5 nitrogen and oxygen atoms in total. The number of anilines is 1. The molecule has 6 heteroatoms. The number of hydrogen-bond donors (Lipinski definition) is 2. The normalized spacial score (nSPS) is 11.4. The first-order valence-corrected chi connectivity index (χ1v) is 7.98. The highest BCUT2D eigenvalue weighted by Crippen LogP contribution is 2.23. The summed E-state index contributed by atoms with van der Waals surface area (Å²) in [7, 11) is -3.71. The van der Waals surface area contributed by atoms with Crippen LogP contribution in [0.3, 0.4) is 0 Å². The van der Waals surface area contributed by atoms with Crippen LogP contribution < -0.4 is 4.72 Å².